The van der Waals surface area contributed by atoms with Crippen LogP contribution in [-0.4, -0.2) is 18.6 Å². The van der Waals surface area contributed by atoms with Crippen molar-refractivity contribution in [2.24, 2.45) is 0 Å². The van der Waals surface area contributed by atoms with Gasteiger partial charge in [0.15, 0.2) is 0 Å². The quantitative estimate of drug-likeness (QED) is 0.859. The van der Waals surface area contributed by atoms with E-state index in [2.05, 4.69) is 14.9 Å². The third-order valence-electron chi connectivity index (χ3n) is 1.42. The zero-order valence-electron chi connectivity index (χ0n) is 7.25. The van der Waals surface area contributed by atoms with Gasteiger partial charge in [-0.2, -0.15) is 0 Å². The van der Waals surface area contributed by atoms with Gasteiger partial charge in [-0.25, -0.2) is 8.42 Å². The molecule has 0 aliphatic carbocycles. The minimum Gasteiger partial charge on any atom is -0.374 e. The van der Waals surface area contributed by atoms with Crippen LogP contribution in [0.4, 0.5) is 10.3 Å². The average Bonchev–Trinajstić information content (AvgIpc) is 2.75. The standard InChI is InChI=1S/C6H6N4O2S3/c7-5-8-9-6(14-5)10-15(11,12)4-2-1-3-13-4/h1-3H,(H2,7,8)(H,9,10). The fraction of sp³-hybridized carbons (Fsp3) is 0. The first-order chi connectivity index (χ1) is 7.08. The number of thiophene rings is 1. The molecule has 80 valence electrons. The van der Waals surface area contributed by atoms with E-state index in [9.17, 15) is 8.42 Å². The molecule has 0 spiro atoms. The summed E-state index contributed by atoms with van der Waals surface area (Å²) in [6, 6.07) is 3.17. The fourth-order valence-corrected chi connectivity index (χ4v) is 3.59. The van der Waals surface area contributed by atoms with Crippen molar-refractivity contribution in [3.63, 3.8) is 0 Å². The van der Waals surface area contributed by atoms with Crippen LogP contribution in [0.3, 0.4) is 0 Å². The van der Waals surface area contributed by atoms with Gasteiger partial charge in [0.25, 0.3) is 10.0 Å². The van der Waals surface area contributed by atoms with Gasteiger partial charge >= 0.3 is 0 Å². The molecule has 2 heterocycles. The van der Waals surface area contributed by atoms with E-state index in [1.54, 1.807) is 11.4 Å². The Hall–Kier alpha value is -1.19. The van der Waals surface area contributed by atoms with Crippen molar-refractivity contribution in [2.75, 3.05) is 10.5 Å². The summed E-state index contributed by atoms with van der Waals surface area (Å²) in [6.45, 7) is 0. The first-order valence-corrected chi connectivity index (χ1v) is 6.91. The predicted octanol–water partition coefficient (Wildman–Crippen LogP) is 0.983. The Morgan fingerprint density at radius 1 is 1.40 bits per heavy atom. The number of hydrogen-bond acceptors (Lipinski definition) is 7. The van der Waals surface area contributed by atoms with E-state index in [1.165, 1.54) is 6.07 Å². The van der Waals surface area contributed by atoms with E-state index >= 15 is 0 Å². The summed E-state index contributed by atoms with van der Waals surface area (Å²) < 4.78 is 25.9. The lowest BCUT2D eigenvalue weighted by molar-refractivity contribution is 0.603. The van der Waals surface area contributed by atoms with Gasteiger partial charge in [0, 0.05) is 0 Å². The molecule has 6 nitrogen and oxygen atoms in total. The van der Waals surface area contributed by atoms with Gasteiger partial charge in [0.2, 0.25) is 10.3 Å². The highest BCUT2D eigenvalue weighted by molar-refractivity contribution is 7.94. The summed E-state index contributed by atoms with van der Waals surface area (Å²) >= 11 is 2.11. The molecular weight excluding hydrogens is 256 g/mol. The van der Waals surface area contributed by atoms with Crippen LogP contribution in [0.2, 0.25) is 0 Å². The number of nitrogens with zero attached hydrogens (tertiary/aromatic N) is 2. The molecule has 0 aliphatic heterocycles. The largest absolute Gasteiger partial charge is 0.374 e. The molecule has 0 aliphatic rings. The zero-order valence-corrected chi connectivity index (χ0v) is 9.69. The molecule has 0 radical (unpaired) electrons. The first kappa shape index (κ1) is 10.3. The van der Waals surface area contributed by atoms with Crippen LogP contribution in [0.1, 0.15) is 0 Å². The Bertz CT molecular complexity index is 545. The molecule has 2 aromatic rings. The maximum atomic E-state index is 11.7. The fourth-order valence-electron chi connectivity index (χ4n) is 0.857. The summed E-state index contributed by atoms with van der Waals surface area (Å²) in [7, 11) is -3.54. The summed E-state index contributed by atoms with van der Waals surface area (Å²) in [5.74, 6) is 0. The second-order valence-electron chi connectivity index (χ2n) is 2.48. The van der Waals surface area contributed by atoms with Gasteiger partial charge in [0.05, 0.1) is 0 Å². The zero-order chi connectivity index (χ0) is 10.9. The first-order valence-electron chi connectivity index (χ1n) is 3.73. The van der Waals surface area contributed by atoms with Gasteiger partial charge in [0.1, 0.15) is 4.21 Å². The van der Waals surface area contributed by atoms with Crippen molar-refractivity contribution in [3.8, 4) is 0 Å². The van der Waals surface area contributed by atoms with Crippen LogP contribution in [0, 0.1) is 0 Å². The number of hydrogen-bond donors (Lipinski definition) is 2. The molecule has 0 atom stereocenters. The third kappa shape index (κ3) is 2.25. The lowest BCUT2D eigenvalue weighted by Gasteiger charge is -2.00. The molecule has 0 fully saturated rings. The SMILES string of the molecule is Nc1nnc(NS(=O)(=O)c2cccs2)s1. The second kappa shape index (κ2) is 3.76. The molecule has 0 saturated heterocycles. The highest BCUT2D eigenvalue weighted by atomic mass is 32.2. The molecule has 0 amide bonds. The molecule has 2 aromatic heterocycles. The van der Waals surface area contributed by atoms with Crippen LogP contribution < -0.4 is 10.5 Å². The third-order valence-corrected chi connectivity index (χ3v) is 4.96. The summed E-state index contributed by atoms with van der Waals surface area (Å²) in [5, 5.41) is 9.15. The normalized spacial score (nSPS) is 11.5. The Morgan fingerprint density at radius 3 is 2.73 bits per heavy atom. The van der Waals surface area contributed by atoms with E-state index < -0.39 is 10.0 Å². The minimum atomic E-state index is -3.54. The molecule has 15 heavy (non-hydrogen) atoms. The smallest absolute Gasteiger partial charge is 0.273 e. The monoisotopic (exact) mass is 262 g/mol. The van der Waals surface area contributed by atoms with Crippen molar-refractivity contribution in [2.45, 2.75) is 4.21 Å². The molecule has 2 rings (SSSR count). The van der Waals surface area contributed by atoms with Crippen molar-refractivity contribution in [1.29, 1.82) is 0 Å². The Labute approximate surface area is 93.8 Å². The van der Waals surface area contributed by atoms with Crippen LogP contribution in [0.15, 0.2) is 21.7 Å². The molecule has 0 saturated carbocycles. The predicted molar refractivity (Wildman–Crippen MR) is 59.4 cm³/mol. The lowest BCUT2D eigenvalue weighted by atomic mass is 10.7. The highest BCUT2D eigenvalue weighted by Gasteiger charge is 2.17. The van der Waals surface area contributed by atoms with Crippen LogP contribution in [0.5, 0.6) is 0 Å². The van der Waals surface area contributed by atoms with Crippen molar-refractivity contribution in [1.82, 2.24) is 10.2 Å². The molecule has 0 bridgehead atoms. The Balaban J connectivity index is 2.26. The van der Waals surface area contributed by atoms with E-state index in [0.29, 0.717) is 0 Å². The van der Waals surface area contributed by atoms with Gasteiger partial charge in [-0.3, -0.25) is 4.72 Å². The highest BCUT2D eigenvalue weighted by Crippen LogP contribution is 2.22. The van der Waals surface area contributed by atoms with Crippen LogP contribution >= 0.6 is 22.7 Å². The number of aromatic nitrogens is 2. The van der Waals surface area contributed by atoms with Gasteiger partial charge in [-0.05, 0) is 11.4 Å². The maximum Gasteiger partial charge on any atom is 0.273 e. The number of nitrogens with two attached hydrogens (primary N) is 1. The minimum absolute atomic E-state index is 0.168. The number of nitrogens with one attached hydrogen (secondary N) is 1. The van der Waals surface area contributed by atoms with Crippen molar-refractivity contribution in [3.05, 3.63) is 17.5 Å². The Morgan fingerprint density at radius 2 is 2.20 bits per heavy atom. The molecular formula is C6H6N4O2S3. The lowest BCUT2D eigenvalue weighted by Crippen LogP contribution is -2.11. The van der Waals surface area contributed by atoms with Crippen molar-refractivity contribution < 1.29 is 8.42 Å². The second-order valence-corrected chi connectivity index (χ2v) is 6.35. The maximum absolute atomic E-state index is 11.7. The van der Waals surface area contributed by atoms with Crippen LogP contribution in [-0.2, 0) is 10.0 Å². The van der Waals surface area contributed by atoms with Gasteiger partial charge in [-0.15, -0.1) is 21.5 Å². The number of anilines is 2. The van der Waals surface area contributed by atoms with Gasteiger partial charge in [-0.1, -0.05) is 17.4 Å². The van der Waals surface area contributed by atoms with Crippen molar-refractivity contribution >= 4 is 43.0 Å². The molecule has 3 N–H and O–H groups in total. The summed E-state index contributed by atoms with van der Waals surface area (Å²) in [5.41, 5.74) is 5.33. The summed E-state index contributed by atoms with van der Waals surface area (Å²) in [4.78, 5) is 0. The Kier molecular flexibility index (Phi) is 2.59. The van der Waals surface area contributed by atoms with E-state index in [0.717, 1.165) is 22.7 Å². The summed E-state index contributed by atoms with van der Waals surface area (Å²) in [6.07, 6.45) is 0. The number of rotatable bonds is 3. The van der Waals surface area contributed by atoms with E-state index in [4.69, 9.17) is 5.73 Å². The number of nitrogen functional groups attached to an aromatic ring is 1. The van der Waals surface area contributed by atoms with Gasteiger partial charge < -0.3 is 5.73 Å². The average molecular weight is 262 g/mol. The topological polar surface area (TPSA) is 98.0 Å². The number of sulfonamides is 1. The molecule has 0 aromatic carbocycles. The van der Waals surface area contributed by atoms with Crippen LogP contribution in [0.25, 0.3) is 0 Å². The molecule has 0 unspecified atom stereocenters. The molecule has 9 heteroatoms. The van der Waals surface area contributed by atoms with E-state index in [1.807, 2.05) is 0 Å². The van der Waals surface area contributed by atoms with E-state index in [-0.39, 0.29) is 14.5 Å².